The molecule has 0 fully saturated rings. The number of nitriles is 1. The maximum Gasteiger partial charge on any atom is 0.0991 e. The smallest absolute Gasteiger partial charge is 0.0991 e. The van der Waals surface area contributed by atoms with Gasteiger partial charge in [0.15, 0.2) is 0 Å². The molecule has 3 rings (SSSR count). The Labute approximate surface area is 142 Å². The minimum atomic E-state index is 0.681. The lowest BCUT2D eigenvalue weighted by molar-refractivity contribution is 1.21. The fraction of sp³-hybridized carbons (Fsp3) is 0.0455. The molecule has 3 aromatic rings. The van der Waals surface area contributed by atoms with Crippen LogP contribution in [0.3, 0.4) is 0 Å². The SMILES string of the molecule is CN(c1ccccc1)c1ccc(C=Cc2ccc(C#N)cc2)cc1. The van der Waals surface area contributed by atoms with Crippen LogP contribution in [0.15, 0.2) is 78.9 Å². The molecule has 0 atom stereocenters. The predicted molar refractivity (Wildman–Crippen MR) is 101 cm³/mol. The van der Waals surface area contributed by atoms with Gasteiger partial charge in [0.25, 0.3) is 0 Å². The minimum Gasteiger partial charge on any atom is -0.345 e. The van der Waals surface area contributed by atoms with E-state index in [1.54, 1.807) is 0 Å². The Hall–Kier alpha value is -3.31. The Kier molecular flexibility index (Phi) is 4.74. The molecule has 3 aromatic carbocycles. The molecule has 0 heterocycles. The van der Waals surface area contributed by atoms with E-state index in [0.29, 0.717) is 5.56 Å². The van der Waals surface area contributed by atoms with Gasteiger partial charge in [-0.25, -0.2) is 0 Å². The van der Waals surface area contributed by atoms with Crippen molar-refractivity contribution in [1.29, 1.82) is 5.26 Å². The average Bonchev–Trinajstić information content (AvgIpc) is 2.67. The molecule has 0 aliphatic carbocycles. The summed E-state index contributed by atoms with van der Waals surface area (Å²) < 4.78 is 0. The summed E-state index contributed by atoms with van der Waals surface area (Å²) in [5.74, 6) is 0. The van der Waals surface area contributed by atoms with E-state index in [1.165, 1.54) is 5.69 Å². The number of anilines is 2. The highest BCUT2D eigenvalue weighted by molar-refractivity contribution is 5.71. The largest absolute Gasteiger partial charge is 0.345 e. The molecule has 0 saturated carbocycles. The van der Waals surface area contributed by atoms with Crippen LogP contribution in [0.25, 0.3) is 12.2 Å². The van der Waals surface area contributed by atoms with E-state index < -0.39 is 0 Å². The first-order valence-electron chi connectivity index (χ1n) is 7.83. The molecule has 0 unspecified atom stereocenters. The van der Waals surface area contributed by atoms with E-state index in [-0.39, 0.29) is 0 Å². The second-order valence-corrected chi connectivity index (χ2v) is 5.55. The summed E-state index contributed by atoms with van der Waals surface area (Å²) in [5.41, 5.74) is 5.22. The maximum atomic E-state index is 8.82. The molecule has 0 radical (unpaired) electrons. The van der Waals surface area contributed by atoms with Gasteiger partial charge in [0.1, 0.15) is 0 Å². The van der Waals surface area contributed by atoms with Crippen LogP contribution >= 0.6 is 0 Å². The Bertz CT molecular complexity index is 855. The predicted octanol–water partition coefficient (Wildman–Crippen LogP) is 5.50. The zero-order chi connectivity index (χ0) is 16.8. The number of hydrogen-bond donors (Lipinski definition) is 0. The van der Waals surface area contributed by atoms with E-state index in [1.807, 2.05) is 42.5 Å². The van der Waals surface area contributed by atoms with Crippen LogP contribution in [0, 0.1) is 11.3 Å². The molecule has 0 saturated heterocycles. The third kappa shape index (κ3) is 3.71. The van der Waals surface area contributed by atoms with Crippen LogP contribution in [0.4, 0.5) is 11.4 Å². The van der Waals surface area contributed by atoms with Gasteiger partial charge in [-0.2, -0.15) is 5.26 Å². The lowest BCUT2D eigenvalue weighted by atomic mass is 10.1. The Morgan fingerprint density at radius 2 is 1.21 bits per heavy atom. The van der Waals surface area contributed by atoms with Gasteiger partial charge in [0, 0.05) is 18.4 Å². The van der Waals surface area contributed by atoms with Crippen molar-refractivity contribution in [3.05, 3.63) is 95.6 Å². The van der Waals surface area contributed by atoms with Gasteiger partial charge in [-0.3, -0.25) is 0 Å². The summed E-state index contributed by atoms with van der Waals surface area (Å²) >= 11 is 0. The zero-order valence-electron chi connectivity index (χ0n) is 13.6. The molecular weight excluding hydrogens is 292 g/mol. The molecule has 116 valence electrons. The van der Waals surface area contributed by atoms with Gasteiger partial charge in [-0.1, -0.05) is 54.6 Å². The van der Waals surface area contributed by atoms with Crippen molar-refractivity contribution in [1.82, 2.24) is 0 Å². The maximum absolute atomic E-state index is 8.82. The van der Waals surface area contributed by atoms with E-state index in [9.17, 15) is 0 Å². The first-order chi connectivity index (χ1) is 11.8. The summed E-state index contributed by atoms with van der Waals surface area (Å²) in [7, 11) is 2.07. The topological polar surface area (TPSA) is 27.0 Å². The number of hydrogen-bond acceptors (Lipinski definition) is 2. The molecule has 0 amide bonds. The van der Waals surface area contributed by atoms with E-state index in [0.717, 1.165) is 16.8 Å². The van der Waals surface area contributed by atoms with Crippen molar-refractivity contribution >= 4 is 23.5 Å². The molecule has 0 spiro atoms. The van der Waals surface area contributed by atoms with Gasteiger partial charge in [-0.15, -0.1) is 0 Å². The van der Waals surface area contributed by atoms with Crippen LogP contribution in [0.5, 0.6) is 0 Å². The highest BCUT2D eigenvalue weighted by Gasteiger charge is 2.02. The summed E-state index contributed by atoms with van der Waals surface area (Å²) in [6.45, 7) is 0. The molecule has 2 heteroatoms. The van der Waals surface area contributed by atoms with Crippen molar-refractivity contribution < 1.29 is 0 Å². The van der Waals surface area contributed by atoms with Crippen LogP contribution in [0.2, 0.25) is 0 Å². The first-order valence-corrected chi connectivity index (χ1v) is 7.83. The van der Waals surface area contributed by atoms with Crippen molar-refractivity contribution in [2.75, 3.05) is 11.9 Å². The molecule has 0 N–H and O–H groups in total. The molecule has 0 aliphatic rings. The number of rotatable bonds is 4. The molecule has 0 aromatic heterocycles. The summed E-state index contributed by atoms with van der Waals surface area (Å²) in [6.07, 6.45) is 4.13. The Morgan fingerprint density at radius 3 is 1.75 bits per heavy atom. The molecule has 24 heavy (non-hydrogen) atoms. The summed E-state index contributed by atoms with van der Waals surface area (Å²) in [5, 5.41) is 8.82. The van der Waals surface area contributed by atoms with Crippen LogP contribution < -0.4 is 4.90 Å². The molecule has 0 aliphatic heterocycles. The number of para-hydroxylation sites is 1. The quantitative estimate of drug-likeness (QED) is 0.595. The zero-order valence-corrected chi connectivity index (χ0v) is 13.6. The van der Waals surface area contributed by atoms with E-state index in [4.69, 9.17) is 5.26 Å². The lowest BCUT2D eigenvalue weighted by Gasteiger charge is -2.19. The molecule has 2 nitrogen and oxygen atoms in total. The third-order valence-electron chi connectivity index (χ3n) is 3.93. The molecule has 0 bridgehead atoms. The Balaban J connectivity index is 1.72. The third-order valence-corrected chi connectivity index (χ3v) is 3.93. The second-order valence-electron chi connectivity index (χ2n) is 5.55. The van der Waals surface area contributed by atoms with Crippen LogP contribution in [-0.2, 0) is 0 Å². The first kappa shape index (κ1) is 15.6. The average molecular weight is 310 g/mol. The van der Waals surface area contributed by atoms with Gasteiger partial charge < -0.3 is 4.90 Å². The standard InChI is InChI=1S/C22H18N2/c1-24(21-5-3-2-4-6-21)22-15-13-19(14-16-22)8-7-18-9-11-20(17-23)12-10-18/h2-16H,1H3. The summed E-state index contributed by atoms with van der Waals surface area (Å²) in [6, 6.07) is 28.4. The van der Waals surface area contributed by atoms with Crippen molar-refractivity contribution in [3.8, 4) is 6.07 Å². The van der Waals surface area contributed by atoms with Gasteiger partial charge >= 0.3 is 0 Å². The highest BCUT2D eigenvalue weighted by atomic mass is 15.1. The van der Waals surface area contributed by atoms with Crippen LogP contribution in [0.1, 0.15) is 16.7 Å². The normalized spacial score (nSPS) is 10.5. The number of benzene rings is 3. The van der Waals surface area contributed by atoms with E-state index in [2.05, 4.69) is 66.6 Å². The monoisotopic (exact) mass is 310 g/mol. The van der Waals surface area contributed by atoms with Gasteiger partial charge in [0.05, 0.1) is 11.6 Å². The van der Waals surface area contributed by atoms with Crippen molar-refractivity contribution in [3.63, 3.8) is 0 Å². The fourth-order valence-corrected chi connectivity index (χ4v) is 2.47. The van der Waals surface area contributed by atoms with E-state index >= 15 is 0 Å². The number of nitrogens with zero attached hydrogens (tertiary/aromatic N) is 2. The van der Waals surface area contributed by atoms with Crippen molar-refractivity contribution in [2.24, 2.45) is 0 Å². The van der Waals surface area contributed by atoms with Crippen LogP contribution in [-0.4, -0.2) is 7.05 Å². The minimum absolute atomic E-state index is 0.681. The Morgan fingerprint density at radius 1 is 0.708 bits per heavy atom. The molecular formula is C22H18N2. The highest BCUT2D eigenvalue weighted by Crippen LogP contribution is 2.23. The van der Waals surface area contributed by atoms with Gasteiger partial charge in [-0.05, 0) is 47.5 Å². The van der Waals surface area contributed by atoms with Gasteiger partial charge in [0.2, 0.25) is 0 Å². The summed E-state index contributed by atoms with van der Waals surface area (Å²) in [4.78, 5) is 2.16. The lowest BCUT2D eigenvalue weighted by Crippen LogP contribution is -2.08. The fourth-order valence-electron chi connectivity index (χ4n) is 2.47. The second kappa shape index (κ2) is 7.30. The van der Waals surface area contributed by atoms with Crippen molar-refractivity contribution in [2.45, 2.75) is 0 Å².